The molecule has 0 heterocycles. The number of ether oxygens (including phenoxy) is 4. The van der Waals surface area contributed by atoms with Crippen LogP contribution in [0.5, 0.6) is 11.5 Å². The zero-order valence-corrected chi connectivity index (χ0v) is 15.8. The summed E-state index contributed by atoms with van der Waals surface area (Å²) in [4.78, 5) is 23.3. The second-order valence-electron chi connectivity index (χ2n) is 5.64. The van der Waals surface area contributed by atoms with Crippen LogP contribution >= 0.6 is 0 Å². The van der Waals surface area contributed by atoms with Crippen LogP contribution in [0.1, 0.15) is 21.5 Å². The highest BCUT2D eigenvalue weighted by molar-refractivity contribution is 5.89. The van der Waals surface area contributed by atoms with E-state index in [4.69, 9.17) is 14.2 Å². The highest BCUT2D eigenvalue weighted by Crippen LogP contribution is 2.28. The first kappa shape index (κ1) is 20.8. The number of hydrogen-bond donors (Lipinski definition) is 0. The van der Waals surface area contributed by atoms with Gasteiger partial charge in [-0.25, -0.2) is 9.59 Å². The second kappa shape index (κ2) is 10.6. The molecule has 146 valence electrons. The van der Waals surface area contributed by atoms with E-state index in [1.54, 1.807) is 61.7 Å². The molecule has 0 aliphatic heterocycles. The van der Waals surface area contributed by atoms with E-state index >= 15 is 0 Å². The fourth-order valence-corrected chi connectivity index (χ4v) is 2.28. The van der Waals surface area contributed by atoms with E-state index in [-0.39, 0.29) is 6.61 Å². The molecular weight excluding hydrogens is 360 g/mol. The largest absolute Gasteiger partial charge is 0.493 e. The van der Waals surface area contributed by atoms with E-state index in [2.05, 4.69) is 11.3 Å². The van der Waals surface area contributed by atoms with Crippen molar-refractivity contribution >= 4 is 18.0 Å². The van der Waals surface area contributed by atoms with Gasteiger partial charge >= 0.3 is 11.9 Å². The number of hydrogen-bond acceptors (Lipinski definition) is 6. The maximum atomic E-state index is 11.9. The summed E-state index contributed by atoms with van der Waals surface area (Å²) >= 11 is 0. The molecule has 0 radical (unpaired) electrons. The zero-order valence-electron chi connectivity index (χ0n) is 15.8. The molecule has 2 rings (SSSR count). The van der Waals surface area contributed by atoms with Crippen LogP contribution in [0.25, 0.3) is 6.08 Å². The summed E-state index contributed by atoms with van der Waals surface area (Å²) < 4.78 is 20.6. The third kappa shape index (κ3) is 6.02. The second-order valence-corrected chi connectivity index (χ2v) is 5.64. The van der Waals surface area contributed by atoms with Gasteiger partial charge in [-0.05, 0) is 41.5 Å². The molecule has 0 saturated carbocycles. The molecule has 6 nitrogen and oxygen atoms in total. The molecule has 2 aromatic carbocycles. The number of benzene rings is 2. The lowest BCUT2D eigenvalue weighted by molar-refractivity contribution is -0.138. The number of carbonyl (C=O) groups is 2. The van der Waals surface area contributed by atoms with Crippen molar-refractivity contribution in [1.82, 2.24) is 0 Å². The van der Waals surface area contributed by atoms with Crippen LogP contribution in [0.4, 0.5) is 0 Å². The Morgan fingerprint density at radius 3 is 2.43 bits per heavy atom. The summed E-state index contributed by atoms with van der Waals surface area (Å²) in [7, 11) is 2.87. The van der Waals surface area contributed by atoms with Gasteiger partial charge in [-0.15, -0.1) is 0 Å². The molecular formula is C22H22O6. The molecule has 0 bridgehead atoms. The Bertz CT molecular complexity index is 852. The van der Waals surface area contributed by atoms with E-state index in [0.29, 0.717) is 23.7 Å². The SMILES string of the molecule is C=CCOc1ccc(/C=C/C(=O)OCc2ccc(C(=O)OC)cc2)cc1OC. The summed E-state index contributed by atoms with van der Waals surface area (Å²) in [6.45, 7) is 4.08. The Hall–Kier alpha value is -3.54. The van der Waals surface area contributed by atoms with E-state index in [1.165, 1.54) is 13.2 Å². The Morgan fingerprint density at radius 1 is 1.04 bits per heavy atom. The lowest BCUT2D eigenvalue weighted by Crippen LogP contribution is -2.03. The van der Waals surface area contributed by atoms with Crippen molar-refractivity contribution in [2.75, 3.05) is 20.8 Å². The quantitative estimate of drug-likeness (QED) is 0.373. The van der Waals surface area contributed by atoms with Gasteiger partial charge in [0.15, 0.2) is 11.5 Å². The number of carbonyl (C=O) groups excluding carboxylic acids is 2. The van der Waals surface area contributed by atoms with Crippen molar-refractivity contribution in [3.8, 4) is 11.5 Å². The van der Waals surface area contributed by atoms with Gasteiger partial charge in [0, 0.05) is 6.08 Å². The molecule has 0 spiro atoms. The van der Waals surface area contributed by atoms with Gasteiger partial charge in [-0.2, -0.15) is 0 Å². The maximum absolute atomic E-state index is 11.9. The molecule has 28 heavy (non-hydrogen) atoms. The highest BCUT2D eigenvalue weighted by Gasteiger charge is 2.06. The first-order valence-corrected chi connectivity index (χ1v) is 8.51. The number of methoxy groups -OCH3 is 2. The number of esters is 2. The molecule has 0 fully saturated rings. The molecule has 0 atom stereocenters. The van der Waals surface area contributed by atoms with Crippen LogP contribution in [0.15, 0.2) is 61.2 Å². The molecule has 0 amide bonds. The average Bonchev–Trinajstić information content (AvgIpc) is 2.74. The summed E-state index contributed by atoms with van der Waals surface area (Å²) in [5, 5.41) is 0. The third-order valence-corrected chi connectivity index (χ3v) is 3.71. The lowest BCUT2D eigenvalue weighted by Gasteiger charge is -2.09. The minimum absolute atomic E-state index is 0.0995. The van der Waals surface area contributed by atoms with Crippen molar-refractivity contribution in [1.29, 1.82) is 0 Å². The predicted molar refractivity (Wildman–Crippen MR) is 105 cm³/mol. The molecule has 0 aliphatic carbocycles. The van der Waals surface area contributed by atoms with Crippen LogP contribution in [-0.4, -0.2) is 32.8 Å². The number of rotatable bonds is 9. The van der Waals surface area contributed by atoms with Crippen LogP contribution < -0.4 is 9.47 Å². The van der Waals surface area contributed by atoms with E-state index in [0.717, 1.165) is 11.1 Å². The predicted octanol–water partition coefficient (Wildman–Crippen LogP) is 3.80. The Morgan fingerprint density at radius 2 is 1.79 bits per heavy atom. The van der Waals surface area contributed by atoms with Crippen LogP contribution in [0.2, 0.25) is 0 Å². The Kier molecular flexibility index (Phi) is 7.84. The summed E-state index contributed by atoms with van der Waals surface area (Å²) in [6.07, 6.45) is 4.61. The van der Waals surface area contributed by atoms with Crippen molar-refractivity contribution in [3.63, 3.8) is 0 Å². The molecule has 0 aliphatic rings. The summed E-state index contributed by atoms with van der Waals surface area (Å²) in [5.41, 5.74) is 1.97. The highest BCUT2D eigenvalue weighted by atomic mass is 16.5. The van der Waals surface area contributed by atoms with Gasteiger partial charge in [0.05, 0.1) is 19.8 Å². The fraction of sp³-hybridized carbons (Fsp3) is 0.182. The Labute approximate surface area is 164 Å². The molecule has 0 unspecified atom stereocenters. The summed E-state index contributed by atoms with van der Waals surface area (Å²) in [6, 6.07) is 12.0. The minimum atomic E-state index is -0.483. The van der Waals surface area contributed by atoms with E-state index in [1.807, 2.05) is 0 Å². The van der Waals surface area contributed by atoms with Gasteiger partial charge in [0.2, 0.25) is 0 Å². The first-order valence-electron chi connectivity index (χ1n) is 8.51. The van der Waals surface area contributed by atoms with Gasteiger partial charge in [0.25, 0.3) is 0 Å². The van der Waals surface area contributed by atoms with E-state index < -0.39 is 11.9 Å². The Balaban J connectivity index is 1.92. The standard InChI is InChI=1S/C22H22O6/c1-4-13-27-19-11-7-16(14-20(19)25-2)8-12-21(23)28-15-17-5-9-18(10-6-17)22(24)26-3/h4-12,14H,1,13,15H2,2-3H3/b12-8+. The first-order chi connectivity index (χ1) is 13.6. The van der Waals surface area contributed by atoms with Crippen molar-refractivity contribution in [2.24, 2.45) is 0 Å². The van der Waals surface area contributed by atoms with Crippen molar-refractivity contribution < 1.29 is 28.5 Å². The molecule has 0 N–H and O–H groups in total. The van der Waals surface area contributed by atoms with Crippen molar-refractivity contribution in [2.45, 2.75) is 6.61 Å². The minimum Gasteiger partial charge on any atom is -0.493 e. The molecule has 0 aromatic heterocycles. The molecule has 0 saturated heterocycles. The summed E-state index contributed by atoms with van der Waals surface area (Å²) in [5.74, 6) is 0.256. The van der Waals surface area contributed by atoms with E-state index in [9.17, 15) is 9.59 Å². The monoisotopic (exact) mass is 382 g/mol. The van der Waals surface area contributed by atoms with Gasteiger partial charge in [-0.1, -0.05) is 30.9 Å². The normalized spacial score (nSPS) is 10.4. The molecule has 2 aromatic rings. The van der Waals surface area contributed by atoms with Crippen LogP contribution in [0.3, 0.4) is 0 Å². The molecule has 6 heteroatoms. The average molecular weight is 382 g/mol. The van der Waals surface area contributed by atoms with Gasteiger partial charge in [0.1, 0.15) is 13.2 Å². The van der Waals surface area contributed by atoms with Crippen molar-refractivity contribution in [3.05, 3.63) is 77.9 Å². The van der Waals surface area contributed by atoms with Gasteiger partial charge < -0.3 is 18.9 Å². The van der Waals surface area contributed by atoms with Crippen LogP contribution in [-0.2, 0) is 20.9 Å². The smallest absolute Gasteiger partial charge is 0.337 e. The van der Waals surface area contributed by atoms with Crippen LogP contribution in [0, 0.1) is 0 Å². The zero-order chi connectivity index (χ0) is 20.4. The fourth-order valence-electron chi connectivity index (χ4n) is 2.28. The topological polar surface area (TPSA) is 71.1 Å². The van der Waals surface area contributed by atoms with Gasteiger partial charge in [-0.3, -0.25) is 0 Å². The third-order valence-electron chi connectivity index (χ3n) is 3.71. The maximum Gasteiger partial charge on any atom is 0.337 e. The lowest BCUT2D eigenvalue weighted by atomic mass is 10.1.